The summed E-state index contributed by atoms with van der Waals surface area (Å²) in [7, 11) is 0. The Morgan fingerprint density at radius 1 is 1.11 bits per heavy atom. The molecule has 1 atom stereocenters. The number of nitrogens with zero attached hydrogens (tertiary/aromatic N) is 5. The maximum absolute atomic E-state index is 12.1. The minimum absolute atomic E-state index is 0.284. The van der Waals surface area contributed by atoms with Gasteiger partial charge >= 0.3 is 0 Å². The van der Waals surface area contributed by atoms with E-state index < -0.39 is 5.91 Å². The van der Waals surface area contributed by atoms with Gasteiger partial charge in [0, 0.05) is 42.8 Å². The molecule has 188 valence electrons. The number of fused-ring (bicyclic) bond motifs is 2. The number of aromatic nitrogens is 4. The lowest BCUT2D eigenvalue weighted by Crippen LogP contribution is -2.23. The highest BCUT2D eigenvalue weighted by atomic mass is 16.3. The van der Waals surface area contributed by atoms with Gasteiger partial charge in [0.25, 0.3) is 5.95 Å². The molecule has 1 aliphatic rings. The SMILES string of the molecule is Cc1cc2c(C(N)=O)cccc2n1-c1nc(NCc2ccccc2)c2ccc(CN3CCC(O)C3)n2n1. The molecule has 4 heterocycles. The molecular weight excluding hydrogens is 466 g/mol. The highest BCUT2D eigenvalue weighted by Crippen LogP contribution is 2.28. The van der Waals surface area contributed by atoms with Crippen LogP contribution in [-0.2, 0) is 13.1 Å². The van der Waals surface area contributed by atoms with Gasteiger partial charge in [0.15, 0.2) is 5.82 Å². The van der Waals surface area contributed by atoms with Crippen LogP contribution in [0.1, 0.15) is 33.7 Å². The van der Waals surface area contributed by atoms with Gasteiger partial charge in [-0.2, -0.15) is 4.98 Å². The summed E-state index contributed by atoms with van der Waals surface area (Å²) < 4.78 is 3.89. The Balaban J connectivity index is 1.48. The van der Waals surface area contributed by atoms with Crippen LogP contribution >= 0.6 is 0 Å². The van der Waals surface area contributed by atoms with Gasteiger partial charge in [0.05, 0.1) is 17.3 Å². The van der Waals surface area contributed by atoms with Gasteiger partial charge in [-0.3, -0.25) is 14.3 Å². The third kappa shape index (κ3) is 4.32. The number of aryl methyl sites for hydroxylation is 1. The molecule has 0 bridgehead atoms. The van der Waals surface area contributed by atoms with Gasteiger partial charge in [-0.15, -0.1) is 5.10 Å². The van der Waals surface area contributed by atoms with Crippen molar-refractivity contribution >= 4 is 28.1 Å². The first-order valence-corrected chi connectivity index (χ1v) is 12.5. The van der Waals surface area contributed by atoms with Crippen molar-refractivity contribution in [1.29, 1.82) is 0 Å². The quantitative estimate of drug-likeness (QED) is 0.319. The summed E-state index contributed by atoms with van der Waals surface area (Å²) in [5.74, 6) is 0.745. The number of benzene rings is 2. The molecule has 6 rings (SSSR count). The lowest BCUT2D eigenvalue weighted by molar-refractivity contribution is 0.100. The molecule has 3 aromatic heterocycles. The third-order valence-corrected chi connectivity index (χ3v) is 7.01. The minimum Gasteiger partial charge on any atom is -0.392 e. The summed E-state index contributed by atoms with van der Waals surface area (Å²) in [5, 5.41) is 19.2. The fourth-order valence-corrected chi connectivity index (χ4v) is 5.19. The predicted molar refractivity (Wildman–Crippen MR) is 143 cm³/mol. The van der Waals surface area contributed by atoms with E-state index in [4.69, 9.17) is 15.8 Å². The second-order valence-electron chi connectivity index (χ2n) is 9.62. The van der Waals surface area contributed by atoms with Gasteiger partial charge < -0.3 is 16.2 Å². The number of hydrogen-bond acceptors (Lipinski definition) is 6. The number of β-amino-alcohol motifs (C(OH)–C–C–N with tert-alkyl or cyclic N) is 1. The molecule has 4 N–H and O–H groups in total. The zero-order valence-electron chi connectivity index (χ0n) is 20.6. The molecule has 9 heteroatoms. The largest absolute Gasteiger partial charge is 0.392 e. The Labute approximate surface area is 214 Å². The summed E-state index contributed by atoms with van der Waals surface area (Å²) in [4.78, 5) is 19.3. The first-order chi connectivity index (χ1) is 18.0. The van der Waals surface area contributed by atoms with Crippen molar-refractivity contribution in [1.82, 2.24) is 24.1 Å². The Hall–Kier alpha value is -4.21. The summed E-state index contributed by atoms with van der Waals surface area (Å²) >= 11 is 0. The first-order valence-electron chi connectivity index (χ1n) is 12.5. The Morgan fingerprint density at radius 3 is 2.70 bits per heavy atom. The molecule has 0 saturated carbocycles. The average molecular weight is 496 g/mol. The van der Waals surface area contributed by atoms with Crippen molar-refractivity contribution in [2.24, 2.45) is 5.73 Å². The summed E-state index contributed by atoms with van der Waals surface area (Å²) in [5.41, 5.74) is 10.9. The van der Waals surface area contributed by atoms with Crippen LogP contribution in [-0.4, -0.2) is 54.3 Å². The molecule has 1 fully saturated rings. The number of likely N-dealkylation sites (tertiary alicyclic amines) is 1. The van der Waals surface area contributed by atoms with Crippen molar-refractivity contribution in [3.63, 3.8) is 0 Å². The van der Waals surface area contributed by atoms with E-state index in [2.05, 4.69) is 28.4 Å². The number of nitrogens with two attached hydrogens (primary N) is 1. The molecule has 37 heavy (non-hydrogen) atoms. The van der Waals surface area contributed by atoms with E-state index in [1.54, 1.807) is 6.07 Å². The van der Waals surface area contributed by atoms with E-state index >= 15 is 0 Å². The average Bonchev–Trinajstić information content (AvgIpc) is 3.59. The zero-order chi connectivity index (χ0) is 25.5. The Bertz CT molecular complexity index is 1610. The van der Waals surface area contributed by atoms with Crippen LogP contribution in [0, 0.1) is 6.92 Å². The molecule has 1 amide bonds. The molecule has 0 aliphatic carbocycles. The molecule has 0 radical (unpaired) electrons. The van der Waals surface area contributed by atoms with E-state index in [9.17, 15) is 9.90 Å². The minimum atomic E-state index is -0.468. The van der Waals surface area contributed by atoms with E-state index in [1.807, 2.05) is 58.5 Å². The number of nitrogens with one attached hydrogen (secondary N) is 1. The van der Waals surface area contributed by atoms with Crippen LogP contribution in [0.15, 0.2) is 66.7 Å². The number of aliphatic hydroxyl groups is 1. The maximum Gasteiger partial charge on any atom is 0.254 e. The van der Waals surface area contributed by atoms with Crippen molar-refractivity contribution in [3.05, 3.63) is 89.2 Å². The second-order valence-corrected chi connectivity index (χ2v) is 9.62. The van der Waals surface area contributed by atoms with Crippen LogP contribution < -0.4 is 11.1 Å². The lowest BCUT2D eigenvalue weighted by Gasteiger charge is -2.16. The highest BCUT2D eigenvalue weighted by molar-refractivity contribution is 6.06. The number of amides is 1. The van der Waals surface area contributed by atoms with Crippen LogP contribution in [0.5, 0.6) is 0 Å². The van der Waals surface area contributed by atoms with E-state index in [0.717, 1.165) is 46.3 Å². The van der Waals surface area contributed by atoms with Crippen molar-refractivity contribution in [3.8, 4) is 5.95 Å². The highest BCUT2D eigenvalue weighted by Gasteiger charge is 2.23. The number of carbonyl (C=O) groups excluding carboxylic acids is 1. The topological polar surface area (TPSA) is 114 Å². The van der Waals surface area contributed by atoms with Crippen LogP contribution in [0.2, 0.25) is 0 Å². The fourth-order valence-electron chi connectivity index (χ4n) is 5.19. The third-order valence-electron chi connectivity index (χ3n) is 7.01. The van der Waals surface area contributed by atoms with Gasteiger partial charge in [-0.05, 0) is 49.2 Å². The summed E-state index contributed by atoms with van der Waals surface area (Å²) in [6.07, 6.45) is 0.498. The fraction of sp³-hybridized carbons (Fsp3) is 0.250. The first kappa shape index (κ1) is 23.2. The maximum atomic E-state index is 12.1. The standard InChI is InChI=1S/C28H29N7O2/c1-18-14-23-22(26(29)37)8-5-9-24(23)34(18)28-31-27(30-15-19-6-3-2-4-7-19)25-11-10-20(35(25)32-28)16-33-13-12-21(36)17-33/h2-11,14,21,36H,12-13,15-17H2,1H3,(H2,29,37)(H,30,31,32). The Kier molecular flexibility index (Phi) is 5.86. The second kappa shape index (κ2) is 9.34. The van der Waals surface area contributed by atoms with Crippen molar-refractivity contribution in [2.75, 3.05) is 18.4 Å². The number of primary amides is 1. The molecule has 0 spiro atoms. The van der Waals surface area contributed by atoms with E-state index in [1.165, 1.54) is 0 Å². The number of anilines is 1. The van der Waals surface area contributed by atoms with Crippen molar-refractivity contribution < 1.29 is 9.90 Å². The smallest absolute Gasteiger partial charge is 0.254 e. The van der Waals surface area contributed by atoms with E-state index in [0.29, 0.717) is 37.0 Å². The van der Waals surface area contributed by atoms with Crippen LogP contribution in [0.25, 0.3) is 22.4 Å². The van der Waals surface area contributed by atoms with Gasteiger partial charge in [0.2, 0.25) is 5.91 Å². The number of rotatable bonds is 7. The van der Waals surface area contributed by atoms with Gasteiger partial charge in [-0.1, -0.05) is 36.4 Å². The Morgan fingerprint density at radius 2 is 1.95 bits per heavy atom. The summed E-state index contributed by atoms with van der Waals surface area (Å²) in [6.45, 7) is 4.77. The summed E-state index contributed by atoms with van der Waals surface area (Å²) in [6, 6.07) is 21.7. The normalized spacial score (nSPS) is 16.1. The monoisotopic (exact) mass is 495 g/mol. The molecule has 1 saturated heterocycles. The number of carbonyl (C=O) groups is 1. The molecule has 2 aromatic carbocycles. The molecular formula is C28H29N7O2. The molecule has 5 aromatic rings. The van der Waals surface area contributed by atoms with Crippen LogP contribution in [0.4, 0.5) is 5.82 Å². The molecule has 1 aliphatic heterocycles. The lowest BCUT2D eigenvalue weighted by atomic mass is 10.1. The zero-order valence-corrected chi connectivity index (χ0v) is 20.6. The molecule has 1 unspecified atom stereocenters. The van der Waals surface area contributed by atoms with Gasteiger partial charge in [0.1, 0.15) is 5.52 Å². The van der Waals surface area contributed by atoms with Gasteiger partial charge in [-0.25, -0.2) is 4.52 Å². The van der Waals surface area contributed by atoms with Crippen LogP contribution in [0.3, 0.4) is 0 Å². The van der Waals surface area contributed by atoms with Crippen molar-refractivity contribution in [2.45, 2.75) is 32.5 Å². The predicted octanol–water partition coefficient (Wildman–Crippen LogP) is 3.26. The van der Waals surface area contributed by atoms with E-state index in [-0.39, 0.29) is 6.10 Å². The molecule has 9 nitrogen and oxygen atoms in total. The number of aliphatic hydroxyl groups excluding tert-OH is 1. The number of hydrogen-bond donors (Lipinski definition) is 3.